The van der Waals surface area contributed by atoms with Gasteiger partial charge >= 0.3 is 17.9 Å². The lowest BCUT2D eigenvalue weighted by atomic mass is 10.0. The van der Waals surface area contributed by atoms with E-state index in [1.54, 1.807) is 0 Å². The first-order valence-electron chi connectivity index (χ1n) is 22.5. The van der Waals surface area contributed by atoms with Crippen molar-refractivity contribution < 1.29 is 28.6 Å². The maximum Gasteiger partial charge on any atom is 0.306 e. The summed E-state index contributed by atoms with van der Waals surface area (Å²) in [4.78, 5) is 37.5. The van der Waals surface area contributed by atoms with Crippen molar-refractivity contribution in [3.05, 3.63) is 0 Å². The lowest BCUT2D eigenvalue weighted by Crippen LogP contribution is -2.30. The highest BCUT2D eigenvalue weighted by Gasteiger charge is 2.19. The van der Waals surface area contributed by atoms with Gasteiger partial charge < -0.3 is 14.2 Å². The molecule has 0 radical (unpaired) electrons. The van der Waals surface area contributed by atoms with Crippen LogP contribution in [0.25, 0.3) is 0 Å². The Hall–Kier alpha value is -1.59. The Labute approximate surface area is 317 Å². The Morgan fingerprint density at radius 1 is 0.314 bits per heavy atom. The van der Waals surface area contributed by atoms with Crippen molar-refractivity contribution in [3.8, 4) is 0 Å². The van der Waals surface area contributed by atoms with E-state index >= 15 is 0 Å². The van der Waals surface area contributed by atoms with Crippen LogP contribution in [-0.4, -0.2) is 37.2 Å². The van der Waals surface area contributed by atoms with Gasteiger partial charge in [0.25, 0.3) is 0 Å². The van der Waals surface area contributed by atoms with Crippen LogP contribution in [0.3, 0.4) is 0 Å². The Morgan fingerprint density at radius 3 is 0.784 bits per heavy atom. The van der Waals surface area contributed by atoms with Crippen molar-refractivity contribution in [1.82, 2.24) is 0 Å². The molecule has 0 spiro atoms. The fraction of sp³-hybridized carbons (Fsp3) is 0.933. The van der Waals surface area contributed by atoms with Crippen LogP contribution in [0.15, 0.2) is 0 Å². The minimum Gasteiger partial charge on any atom is -0.462 e. The first kappa shape index (κ1) is 49.4. The van der Waals surface area contributed by atoms with E-state index < -0.39 is 6.10 Å². The molecule has 0 saturated carbocycles. The minimum absolute atomic E-state index is 0.0632. The standard InChI is InChI=1S/C45H86O6/c1-4-7-10-13-16-18-20-22-23-25-26-29-32-35-38-44(47)50-41-42(40-49-43(46)37-34-31-28-15-12-9-6-3)51-45(48)39-36-33-30-27-24-21-19-17-14-11-8-5-2/h42H,4-41H2,1-3H3. The summed E-state index contributed by atoms with van der Waals surface area (Å²) in [5.41, 5.74) is 0. The zero-order valence-corrected chi connectivity index (χ0v) is 34.4. The van der Waals surface area contributed by atoms with Crippen LogP contribution < -0.4 is 0 Å². The monoisotopic (exact) mass is 723 g/mol. The molecular weight excluding hydrogens is 636 g/mol. The Morgan fingerprint density at radius 2 is 0.529 bits per heavy atom. The second-order valence-corrected chi connectivity index (χ2v) is 15.3. The first-order chi connectivity index (χ1) is 25.0. The maximum absolute atomic E-state index is 12.7. The smallest absolute Gasteiger partial charge is 0.306 e. The summed E-state index contributed by atoms with van der Waals surface area (Å²) in [5.74, 6) is -0.858. The highest BCUT2D eigenvalue weighted by atomic mass is 16.6. The van der Waals surface area contributed by atoms with Gasteiger partial charge in [0.1, 0.15) is 13.2 Å². The van der Waals surface area contributed by atoms with Crippen molar-refractivity contribution in [2.75, 3.05) is 13.2 Å². The predicted molar refractivity (Wildman–Crippen MR) is 215 cm³/mol. The Balaban J connectivity index is 4.26. The number of hydrogen-bond acceptors (Lipinski definition) is 6. The molecule has 0 aliphatic heterocycles. The largest absolute Gasteiger partial charge is 0.462 e. The average Bonchev–Trinajstić information content (AvgIpc) is 3.12. The summed E-state index contributed by atoms with van der Waals surface area (Å²) in [6.07, 6.45) is 40.9. The van der Waals surface area contributed by atoms with Crippen LogP contribution in [0.2, 0.25) is 0 Å². The number of ether oxygens (including phenoxy) is 3. The lowest BCUT2D eigenvalue weighted by Gasteiger charge is -2.18. The molecule has 0 rings (SSSR count). The number of hydrogen-bond donors (Lipinski definition) is 0. The molecule has 0 saturated heterocycles. The van der Waals surface area contributed by atoms with Gasteiger partial charge in [-0.2, -0.15) is 0 Å². The molecule has 51 heavy (non-hydrogen) atoms. The summed E-state index contributed by atoms with van der Waals surface area (Å²) in [6.45, 7) is 6.61. The van der Waals surface area contributed by atoms with E-state index in [1.165, 1.54) is 154 Å². The van der Waals surface area contributed by atoms with E-state index in [0.29, 0.717) is 19.3 Å². The van der Waals surface area contributed by atoms with Gasteiger partial charge in [-0.3, -0.25) is 14.4 Å². The molecule has 0 bridgehead atoms. The summed E-state index contributed by atoms with van der Waals surface area (Å²) >= 11 is 0. The first-order valence-corrected chi connectivity index (χ1v) is 22.5. The van der Waals surface area contributed by atoms with Crippen LogP contribution in [-0.2, 0) is 28.6 Å². The van der Waals surface area contributed by atoms with E-state index in [-0.39, 0.29) is 31.1 Å². The van der Waals surface area contributed by atoms with Crippen LogP contribution in [0.4, 0.5) is 0 Å². The van der Waals surface area contributed by atoms with Crippen molar-refractivity contribution in [1.29, 1.82) is 0 Å². The molecule has 0 N–H and O–H groups in total. The molecule has 6 nitrogen and oxygen atoms in total. The van der Waals surface area contributed by atoms with Crippen molar-refractivity contribution in [2.45, 2.75) is 258 Å². The van der Waals surface area contributed by atoms with Gasteiger partial charge in [0.15, 0.2) is 6.10 Å². The lowest BCUT2D eigenvalue weighted by molar-refractivity contribution is -0.167. The number of carbonyl (C=O) groups excluding carboxylic acids is 3. The molecule has 0 amide bonds. The minimum atomic E-state index is -0.756. The van der Waals surface area contributed by atoms with Crippen LogP contribution >= 0.6 is 0 Å². The van der Waals surface area contributed by atoms with E-state index in [4.69, 9.17) is 14.2 Å². The van der Waals surface area contributed by atoms with Gasteiger partial charge in [0.05, 0.1) is 0 Å². The second kappa shape index (κ2) is 41.2. The quantitative estimate of drug-likeness (QED) is 0.0355. The van der Waals surface area contributed by atoms with Crippen LogP contribution in [0, 0.1) is 0 Å². The highest BCUT2D eigenvalue weighted by molar-refractivity contribution is 5.71. The maximum atomic E-state index is 12.7. The van der Waals surface area contributed by atoms with E-state index in [2.05, 4.69) is 20.8 Å². The molecule has 0 fully saturated rings. The Bertz CT molecular complexity index is 753. The van der Waals surface area contributed by atoms with Gasteiger partial charge in [-0.15, -0.1) is 0 Å². The molecule has 0 heterocycles. The zero-order valence-electron chi connectivity index (χ0n) is 34.4. The van der Waals surface area contributed by atoms with Gasteiger partial charge in [-0.25, -0.2) is 0 Å². The van der Waals surface area contributed by atoms with Gasteiger partial charge in [0, 0.05) is 19.3 Å². The van der Waals surface area contributed by atoms with Crippen LogP contribution in [0.1, 0.15) is 252 Å². The molecule has 0 aliphatic rings. The fourth-order valence-corrected chi connectivity index (χ4v) is 6.68. The number of carbonyl (C=O) groups is 3. The highest BCUT2D eigenvalue weighted by Crippen LogP contribution is 2.16. The Kier molecular flexibility index (Phi) is 39.9. The van der Waals surface area contributed by atoms with Gasteiger partial charge in [-0.05, 0) is 19.3 Å². The summed E-state index contributed by atoms with van der Waals surface area (Å²) in [6, 6.07) is 0. The average molecular weight is 723 g/mol. The number of rotatable bonds is 41. The molecule has 302 valence electrons. The molecule has 0 aromatic rings. The molecule has 0 aromatic carbocycles. The SMILES string of the molecule is CCCCCCCCCCCCCCCCC(=O)OCC(COC(=O)CCCCCCCCC)OC(=O)CCCCCCCCCCCCCC. The third kappa shape index (κ3) is 39.5. The van der Waals surface area contributed by atoms with Crippen molar-refractivity contribution in [2.24, 2.45) is 0 Å². The van der Waals surface area contributed by atoms with E-state index in [1.807, 2.05) is 0 Å². The molecule has 1 atom stereocenters. The number of unbranched alkanes of at least 4 members (excludes halogenated alkanes) is 30. The van der Waals surface area contributed by atoms with Gasteiger partial charge in [-0.1, -0.05) is 213 Å². The third-order valence-corrected chi connectivity index (χ3v) is 10.1. The summed E-state index contributed by atoms with van der Waals surface area (Å²) < 4.78 is 16.6. The fourth-order valence-electron chi connectivity index (χ4n) is 6.68. The second-order valence-electron chi connectivity index (χ2n) is 15.3. The molecule has 6 heteroatoms. The predicted octanol–water partition coefficient (Wildman–Crippen LogP) is 14.1. The van der Waals surface area contributed by atoms with Crippen molar-refractivity contribution in [3.63, 3.8) is 0 Å². The topological polar surface area (TPSA) is 78.9 Å². The molecule has 0 aromatic heterocycles. The summed E-state index contributed by atoms with van der Waals surface area (Å²) in [5, 5.41) is 0. The van der Waals surface area contributed by atoms with Gasteiger partial charge in [0.2, 0.25) is 0 Å². The van der Waals surface area contributed by atoms with Crippen molar-refractivity contribution >= 4 is 17.9 Å². The third-order valence-electron chi connectivity index (χ3n) is 10.1. The zero-order chi connectivity index (χ0) is 37.3. The number of esters is 3. The normalized spacial score (nSPS) is 11.8. The molecular formula is C45H86O6. The van der Waals surface area contributed by atoms with Crippen LogP contribution in [0.5, 0.6) is 0 Å². The van der Waals surface area contributed by atoms with E-state index in [0.717, 1.165) is 57.8 Å². The summed E-state index contributed by atoms with van der Waals surface area (Å²) in [7, 11) is 0. The molecule has 0 aliphatic carbocycles. The van der Waals surface area contributed by atoms with E-state index in [9.17, 15) is 14.4 Å². The molecule has 1 unspecified atom stereocenters.